The predicted molar refractivity (Wildman–Crippen MR) is 77.1 cm³/mol. The molecule has 0 radical (unpaired) electrons. The molecule has 0 spiro atoms. The molecule has 0 bridgehead atoms. The van der Waals surface area contributed by atoms with Crippen LogP contribution in [0, 0.1) is 6.92 Å². The van der Waals surface area contributed by atoms with Crippen LogP contribution in [0.15, 0.2) is 28.9 Å². The number of ether oxygens (including phenoxy) is 1. The molecule has 0 N–H and O–H groups in total. The van der Waals surface area contributed by atoms with Gasteiger partial charge in [0.1, 0.15) is 11.5 Å². The van der Waals surface area contributed by atoms with Crippen LogP contribution in [0.4, 0.5) is 8.78 Å². The number of rotatable bonds is 5. The van der Waals surface area contributed by atoms with E-state index in [0.29, 0.717) is 10.8 Å². The molecule has 3 rings (SSSR count). The van der Waals surface area contributed by atoms with Crippen molar-refractivity contribution in [2.75, 3.05) is 0 Å². The molecule has 1 aromatic heterocycles. The molecule has 1 heterocycles. The molecule has 110 valence electrons. The van der Waals surface area contributed by atoms with Crippen LogP contribution in [0.3, 0.4) is 0 Å². The second kappa shape index (κ2) is 5.52. The highest BCUT2D eigenvalue weighted by atomic mass is 32.1. The zero-order valence-electron chi connectivity index (χ0n) is 11.3. The summed E-state index contributed by atoms with van der Waals surface area (Å²) in [4.78, 5) is 0.624. The minimum absolute atomic E-state index is 0.127. The van der Waals surface area contributed by atoms with Crippen molar-refractivity contribution in [1.29, 1.82) is 0 Å². The Hall–Kier alpha value is -1.82. The molecule has 1 aliphatic rings. The molecule has 0 aliphatic heterocycles. The smallest absolute Gasteiger partial charge is 0.387 e. The van der Waals surface area contributed by atoms with Gasteiger partial charge < -0.3 is 9.26 Å². The summed E-state index contributed by atoms with van der Waals surface area (Å²) in [5, 5.41) is 3.83. The Labute approximate surface area is 125 Å². The van der Waals surface area contributed by atoms with Crippen LogP contribution >= 0.6 is 12.2 Å². The van der Waals surface area contributed by atoms with Gasteiger partial charge in [-0.3, -0.25) is 0 Å². The molecule has 1 fully saturated rings. The summed E-state index contributed by atoms with van der Waals surface area (Å²) in [5.41, 5.74) is 2.40. The zero-order chi connectivity index (χ0) is 15.0. The first-order valence-corrected chi connectivity index (χ1v) is 7.02. The fourth-order valence-corrected chi connectivity index (χ4v) is 2.65. The average Bonchev–Trinajstić information content (AvgIpc) is 3.15. The number of benzene rings is 1. The molecule has 2 aromatic rings. The van der Waals surface area contributed by atoms with Crippen LogP contribution in [0.5, 0.6) is 5.75 Å². The van der Waals surface area contributed by atoms with E-state index in [9.17, 15) is 8.78 Å². The van der Waals surface area contributed by atoms with Crippen LogP contribution in [-0.2, 0) is 0 Å². The van der Waals surface area contributed by atoms with E-state index >= 15 is 0 Å². The Morgan fingerprint density at radius 3 is 2.76 bits per heavy atom. The highest BCUT2D eigenvalue weighted by Gasteiger charge is 2.31. The lowest BCUT2D eigenvalue weighted by Crippen LogP contribution is -2.06. The summed E-state index contributed by atoms with van der Waals surface area (Å²) in [5.74, 6) is 1.36. The van der Waals surface area contributed by atoms with Gasteiger partial charge in [0, 0.05) is 5.92 Å². The lowest BCUT2D eigenvalue weighted by atomic mass is 9.99. The fraction of sp³-hybridized carbons (Fsp3) is 0.333. The molecule has 6 heteroatoms. The van der Waals surface area contributed by atoms with Crippen molar-refractivity contribution in [3.05, 3.63) is 46.8 Å². The number of aryl methyl sites for hydroxylation is 1. The van der Waals surface area contributed by atoms with Crippen LogP contribution in [0.2, 0.25) is 0 Å². The molecule has 0 amide bonds. The highest BCUT2D eigenvalue weighted by Crippen LogP contribution is 2.42. The van der Waals surface area contributed by atoms with E-state index < -0.39 is 6.61 Å². The quantitative estimate of drug-likeness (QED) is 0.611. The Balaban J connectivity index is 1.89. The highest BCUT2D eigenvalue weighted by molar-refractivity contribution is 7.81. The van der Waals surface area contributed by atoms with E-state index in [1.165, 1.54) is 6.07 Å². The Morgan fingerprint density at radius 2 is 2.14 bits per heavy atom. The van der Waals surface area contributed by atoms with Gasteiger partial charge in [-0.25, -0.2) is 0 Å². The zero-order valence-corrected chi connectivity index (χ0v) is 12.1. The maximum Gasteiger partial charge on any atom is 0.387 e. The first-order valence-electron chi connectivity index (χ1n) is 6.61. The summed E-state index contributed by atoms with van der Waals surface area (Å²) in [6.07, 6.45) is 3.80. The van der Waals surface area contributed by atoms with Gasteiger partial charge in [0.25, 0.3) is 0 Å². The molecular formula is C15H13F2NO2S. The molecular weight excluding hydrogens is 296 g/mol. The summed E-state index contributed by atoms with van der Waals surface area (Å²) < 4.78 is 34.1. The van der Waals surface area contributed by atoms with Crippen molar-refractivity contribution < 1.29 is 18.0 Å². The predicted octanol–water partition coefficient (Wildman–Crippen LogP) is 4.23. The summed E-state index contributed by atoms with van der Waals surface area (Å²) >= 11 is 5.50. The lowest BCUT2D eigenvalue weighted by Gasteiger charge is -2.10. The molecule has 1 saturated carbocycles. The third kappa shape index (κ3) is 2.95. The van der Waals surface area contributed by atoms with E-state index in [1.807, 2.05) is 6.92 Å². The molecule has 21 heavy (non-hydrogen) atoms. The SMILES string of the molecule is Cc1cc(OC(F)F)ccc1C(=S)c1cnoc1C1CC1. The van der Waals surface area contributed by atoms with Crippen molar-refractivity contribution in [3.8, 4) is 5.75 Å². The summed E-state index contributed by atoms with van der Waals surface area (Å²) in [6.45, 7) is -1.02. The van der Waals surface area contributed by atoms with Crippen molar-refractivity contribution in [1.82, 2.24) is 5.16 Å². The second-order valence-electron chi connectivity index (χ2n) is 5.06. The third-order valence-corrected chi connectivity index (χ3v) is 3.90. The van der Waals surface area contributed by atoms with E-state index in [0.717, 1.165) is 35.3 Å². The van der Waals surface area contributed by atoms with Gasteiger partial charge in [-0.1, -0.05) is 17.4 Å². The van der Waals surface area contributed by atoms with Crippen LogP contribution in [-0.4, -0.2) is 16.6 Å². The van der Waals surface area contributed by atoms with Gasteiger partial charge in [0.05, 0.1) is 16.6 Å². The normalized spacial score (nSPS) is 14.5. The second-order valence-corrected chi connectivity index (χ2v) is 5.47. The van der Waals surface area contributed by atoms with Gasteiger partial charge in [0.2, 0.25) is 0 Å². The van der Waals surface area contributed by atoms with Gasteiger partial charge in [-0.05, 0) is 49.1 Å². The van der Waals surface area contributed by atoms with E-state index in [-0.39, 0.29) is 5.75 Å². The number of aromatic nitrogens is 1. The summed E-state index contributed by atoms with van der Waals surface area (Å²) in [7, 11) is 0. The molecule has 0 unspecified atom stereocenters. The number of alkyl halides is 2. The van der Waals surface area contributed by atoms with E-state index in [1.54, 1.807) is 18.3 Å². The standard InChI is InChI=1S/C15H13F2NO2S/c1-8-6-10(19-15(16)17)4-5-11(8)14(21)12-7-18-20-13(12)9-2-3-9/h4-7,9,15H,2-3H2,1H3. The lowest BCUT2D eigenvalue weighted by molar-refractivity contribution is -0.0498. The van der Waals surface area contributed by atoms with Gasteiger partial charge >= 0.3 is 6.61 Å². The van der Waals surface area contributed by atoms with Gasteiger partial charge in [-0.15, -0.1) is 0 Å². The number of halogens is 2. The Bertz CT molecular complexity index is 680. The largest absolute Gasteiger partial charge is 0.435 e. The minimum atomic E-state index is -2.83. The van der Waals surface area contributed by atoms with E-state index in [2.05, 4.69) is 9.89 Å². The van der Waals surface area contributed by atoms with Crippen molar-refractivity contribution >= 4 is 17.1 Å². The molecule has 0 saturated heterocycles. The first-order chi connectivity index (χ1) is 10.1. The summed E-state index contributed by atoms with van der Waals surface area (Å²) in [6, 6.07) is 4.74. The number of thiocarbonyl (C=S) groups is 1. The van der Waals surface area contributed by atoms with Crippen molar-refractivity contribution in [2.45, 2.75) is 32.3 Å². The van der Waals surface area contributed by atoms with Gasteiger partial charge in [-0.2, -0.15) is 8.78 Å². The first kappa shape index (κ1) is 14.1. The van der Waals surface area contributed by atoms with Crippen LogP contribution < -0.4 is 4.74 Å². The fourth-order valence-electron chi connectivity index (χ4n) is 2.27. The van der Waals surface area contributed by atoms with Crippen molar-refractivity contribution in [2.24, 2.45) is 0 Å². The Kier molecular flexibility index (Phi) is 3.71. The van der Waals surface area contributed by atoms with Crippen LogP contribution in [0.25, 0.3) is 0 Å². The average molecular weight is 309 g/mol. The van der Waals surface area contributed by atoms with Gasteiger partial charge in [0.15, 0.2) is 0 Å². The Morgan fingerprint density at radius 1 is 1.38 bits per heavy atom. The maximum atomic E-state index is 12.2. The van der Waals surface area contributed by atoms with E-state index in [4.69, 9.17) is 16.7 Å². The number of hydrogen-bond donors (Lipinski definition) is 0. The number of nitrogens with zero attached hydrogens (tertiary/aromatic N) is 1. The topological polar surface area (TPSA) is 35.3 Å². The monoisotopic (exact) mass is 309 g/mol. The number of hydrogen-bond acceptors (Lipinski definition) is 4. The molecule has 1 aromatic carbocycles. The van der Waals surface area contributed by atoms with Crippen molar-refractivity contribution in [3.63, 3.8) is 0 Å². The molecule has 1 aliphatic carbocycles. The minimum Gasteiger partial charge on any atom is -0.435 e. The molecule has 3 nitrogen and oxygen atoms in total. The molecule has 0 atom stereocenters. The maximum absolute atomic E-state index is 12.2. The third-order valence-electron chi connectivity index (χ3n) is 3.46. The van der Waals surface area contributed by atoms with Crippen LogP contribution in [0.1, 0.15) is 41.2 Å².